The Kier molecular flexibility index (Phi) is 4.15. The van der Waals surface area contributed by atoms with Gasteiger partial charge in [-0.1, -0.05) is 23.2 Å². The smallest absolute Gasteiger partial charge is 0.261 e. The average Bonchev–Trinajstić information content (AvgIpc) is 2.52. The molecule has 3 rings (SSSR count). The van der Waals surface area contributed by atoms with Gasteiger partial charge in [0.05, 0.1) is 33.8 Å². The van der Waals surface area contributed by atoms with E-state index in [0.717, 1.165) is 0 Å². The predicted molar refractivity (Wildman–Crippen MR) is 86.8 cm³/mol. The fraction of sp³-hybridized carbons (Fsp3) is 0.0625. The Hall–Kier alpha value is -2.24. The van der Waals surface area contributed by atoms with Gasteiger partial charge in [-0.25, -0.2) is 9.37 Å². The Morgan fingerprint density at radius 2 is 1.91 bits per heavy atom. The second-order valence-electron chi connectivity index (χ2n) is 4.89. The van der Waals surface area contributed by atoms with Crippen molar-refractivity contribution in [2.24, 2.45) is 0 Å². The summed E-state index contributed by atoms with van der Waals surface area (Å²) in [7, 11) is 0. The van der Waals surface area contributed by atoms with Gasteiger partial charge in [0.15, 0.2) is 5.78 Å². The van der Waals surface area contributed by atoms with Crippen LogP contribution in [0.15, 0.2) is 47.5 Å². The van der Waals surface area contributed by atoms with Gasteiger partial charge in [0.2, 0.25) is 0 Å². The monoisotopic (exact) mass is 350 g/mol. The number of carbonyl (C=O) groups is 1. The minimum atomic E-state index is -0.478. The molecule has 0 unspecified atom stereocenters. The molecule has 0 radical (unpaired) electrons. The summed E-state index contributed by atoms with van der Waals surface area (Å²) in [5.41, 5.74) is 0.169. The maximum atomic E-state index is 13.1. The molecule has 116 valence electrons. The number of benzene rings is 2. The highest BCUT2D eigenvalue weighted by molar-refractivity contribution is 6.42. The molecule has 0 saturated heterocycles. The van der Waals surface area contributed by atoms with Gasteiger partial charge in [0.25, 0.3) is 5.56 Å². The average molecular weight is 351 g/mol. The molecule has 0 atom stereocenters. The molecule has 0 aliphatic carbocycles. The topological polar surface area (TPSA) is 52.0 Å². The molecule has 0 fully saturated rings. The van der Waals surface area contributed by atoms with Gasteiger partial charge in [0.1, 0.15) is 5.82 Å². The van der Waals surface area contributed by atoms with Gasteiger partial charge in [0, 0.05) is 11.6 Å². The van der Waals surface area contributed by atoms with Crippen LogP contribution in [0.3, 0.4) is 0 Å². The number of ketones is 1. The lowest BCUT2D eigenvalue weighted by molar-refractivity contribution is 0.0970. The zero-order chi connectivity index (χ0) is 16.6. The summed E-state index contributed by atoms with van der Waals surface area (Å²) in [6.07, 6.45) is 1.22. The third-order valence-corrected chi connectivity index (χ3v) is 4.08. The molecule has 0 spiro atoms. The highest BCUT2D eigenvalue weighted by Gasteiger charge is 2.12. The molecule has 1 heterocycles. The lowest BCUT2D eigenvalue weighted by atomic mass is 10.1. The van der Waals surface area contributed by atoms with E-state index in [4.69, 9.17) is 23.2 Å². The van der Waals surface area contributed by atoms with Crippen molar-refractivity contribution in [1.82, 2.24) is 9.55 Å². The van der Waals surface area contributed by atoms with Crippen molar-refractivity contribution in [3.63, 3.8) is 0 Å². The molecule has 1 aromatic heterocycles. The van der Waals surface area contributed by atoms with Crippen molar-refractivity contribution >= 4 is 39.9 Å². The number of Topliss-reactive ketones (excluding diaryl/α,β-unsaturated/α-hetero) is 1. The van der Waals surface area contributed by atoms with Crippen LogP contribution in [0.2, 0.25) is 10.0 Å². The van der Waals surface area contributed by atoms with E-state index in [-0.39, 0.29) is 28.3 Å². The molecular formula is C16H9Cl2FN2O2. The van der Waals surface area contributed by atoms with Gasteiger partial charge in [-0.3, -0.25) is 14.2 Å². The molecule has 7 heteroatoms. The highest BCUT2D eigenvalue weighted by atomic mass is 35.5. The molecule has 0 amide bonds. The number of rotatable bonds is 3. The van der Waals surface area contributed by atoms with E-state index in [1.54, 1.807) is 0 Å². The summed E-state index contributed by atoms with van der Waals surface area (Å²) in [5, 5.41) is 0.850. The summed E-state index contributed by atoms with van der Waals surface area (Å²) >= 11 is 11.7. The van der Waals surface area contributed by atoms with Crippen LogP contribution in [-0.4, -0.2) is 15.3 Å². The van der Waals surface area contributed by atoms with E-state index in [1.807, 2.05) is 0 Å². The van der Waals surface area contributed by atoms with Gasteiger partial charge in [-0.2, -0.15) is 0 Å². The van der Waals surface area contributed by atoms with E-state index in [2.05, 4.69) is 4.98 Å². The second-order valence-corrected chi connectivity index (χ2v) is 5.71. The molecule has 0 N–H and O–H groups in total. The molecule has 0 saturated carbocycles. The number of nitrogens with zero attached hydrogens (tertiary/aromatic N) is 2. The lowest BCUT2D eigenvalue weighted by Crippen LogP contribution is -2.24. The lowest BCUT2D eigenvalue weighted by Gasteiger charge is -2.07. The Balaban J connectivity index is 1.96. The SMILES string of the molecule is O=C(Cn1cnc2cc(F)ccc2c1=O)c1ccc(Cl)c(Cl)c1. The maximum absolute atomic E-state index is 13.1. The van der Waals surface area contributed by atoms with Crippen LogP contribution in [0.1, 0.15) is 10.4 Å². The van der Waals surface area contributed by atoms with Crippen molar-refractivity contribution in [3.8, 4) is 0 Å². The van der Waals surface area contributed by atoms with Gasteiger partial charge >= 0.3 is 0 Å². The summed E-state index contributed by atoms with van der Waals surface area (Å²) in [6, 6.07) is 8.19. The third-order valence-electron chi connectivity index (χ3n) is 3.34. The van der Waals surface area contributed by atoms with Gasteiger partial charge in [-0.05, 0) is 30.3 Å². The number of hydrogen-bond acceptors (Lipinski definition) is 3. The first kappa shape index (κ1) is 15.6. The van der Waals surface area contributed by atoms with Gasteiger partial charge < -0.3 is 0 Å². The van der Waals surface area contributed by atoms with Crippen LogP contribution < -0.4 is 5.56 Å². The number of halogens is 3. The Labute approximate surface area is 140 Å². The minimum Gasteiger partial charge on any atom is -0.292 e. The summed E-state index contributed by atoms with van der Waals surface area (Å²) in [5.74, 6) is -0.789. The van der Waals surface area contributed by atoms with Gasteiger partial charge in [-0.15, -0.1) is 0 Å². The fourth-order valence-corrected chi connectivity index (χ4v) is 2.46. The van der Waals surface area contributed by atoms with Crippen LogP contribution in [0.5, 0.6) is 0 Å². The van der Waals surface area contributed by atoms with E-state index in [1.165, 1.54) is 47.3 Å². The van der Waals surface area contributed by atoms with Crippen molar-refractivity contribution in [2.75, 3.05) is 0 Å². The van der Waals surface area contributed by atoms with Crippen LogP contribution in [0.25, 0.3) is 10.9 Å². The van der Waals surface area contributed by atoms with E-state index < -0.39 is 11.4 Å². The first-order valence-electron chi connectivity index (χ1n) is 6.58. The quantitative estimate of drug-likeness (QED) is 0.676. The molecule has 0 aliphatic rings. The predicted octanol–water partition coefficient (Wildman–Crippen LogP) is 3.73. The zero-order valence-corrected chi connectivity index (χ0v) is 13.1. The number of carbonyl (C=O) groups excluding carboxylic acids is 1. The molecule has 0 aliphatic heterocycles. The first-order chi connectivity index (χ1) is 11.0. The fourth-order valence-electron chi connectivity index (χ4n) is 2.16. The molecule has 0 bridgehead atoms. The Bertz CT molecular complexity index is 985. The molecule has 3 aromatic rings. The van der Waals surface area contributed by atoms with E-state index in [9.17, 15) is 14.0 Å². The van der Waals surface area contributed by atoms with E-state index >= 15 is 0 Å². The zero-order valence-electron chi connectivity index (χ0n) is 11.6. The third kappa shape index (κ3) is 3.11. The molecular weight excluding hydrogens is 342 g/mol. The molecule has 2 aromatic carbocycles. The van der Waals surface area contributed by atoms with Crippen molar-refractivity contribution < 1.29 is 9.18 Å². The van der Waals surface area contributed by atoms with Crippen LogP contribution in [-0.2, 0) is 6.54 Å². The largest absolute Gasteiger partial charge is 0.292 e. The minimum absolute atomic E-state index is 0.197. The van der Waals surface area contributed by atoms with Crippen molar-refractivity contribution in [3.05, 3.63) is 74.5 Å². The second kappa shape index (κ2) is 6.10. The Morgan fingerprint density at radius 1 is 1.13 bits per heavy atom. The summed E-state index contributed by atoms with van der Waals surface area (Å²) < 4.78 is 14.3. The van der Waals surface area contributed by atoms with Crippen molar-refractivity contribution in [2.45, 2.75) is 6.54 Å². The number of aromatic nitrogens is 2. The summed E-state index contributed by atoms with van der Waals surface area (Å²) in [6.45, 7) is -0.197. The standard InChI is InChI=1S/C16H9Cl2FN2O2/c17-12-4-1-9(5-13(12)18)15(22)7-21-8-20-14-6-10(19)2-3-11(14)16(21)23/h1-6,8H,7H2. The number of hydrogen-bond donors (Lipinski definition) is 0. The van der Waals surface area contributed by atoms with E-state index in [0.29, 0.717) is 10.6 Å². The molecule has 4 nitrogen and oxygen atoms in total. The summed E-state index contributed by atoms with van der Waals surface area (Å²) in [4.78, 5) is 28.6. The first-order valence-corrected chi connectivity index (χ1v) is 7.34. The Morgan fingerprint density at radius 3 is 2.65 bits per heavy atom. The highest BCUT2D eigenvalue weighted by Crippen LogP contribution is 2.23. The van der Waals surface area contributed by atoms with Crippen molar-refractivity contribution in [1.29, 1.82) is 0 Å². The normalized spacial score (nSPS) is 10.9. The van der Waals surface area contributed by atoms with Crippen LogP contribution >= 0.6 is 23.2 Å². The van der Waals surface area contributed by atoms with Crippen LogP contribution in [0.4, 0.5) is 4.39 Å². The number of fused-ring (bicyclic) bond motifs is 1. The maximum Gasteiger partial charge on any atom is 0.261 e. The van der Waals surface area contributed by atoms with Crippen LogP contribution in [0, 0.1) is 5.82 Å². The molecule has 23 heavy (non-hydrogen) atoms.